The van der Waals surface area contributed by atoms with Crippen LogP contribution in [0.4, 0.5) is 0 Å². The topological polar surface area (TPSA) is 50.9 Å². The van der Waals surface area contributed by atoms with Crippen LogP contribution in [0.15, 0.2) is 24.3 Å². The van der Waals surface area contributed by atoms with Gasteiger partial charge in [0.2, 0.25) is 0 Å². The summed E-state index contributed by atoms with van der Waals surface area (Å²) in [6.45, 7) is 4.19. The monoisotopic (exact) mass is 231 g/mol. The van der Waals surface area contributed by atoms with Crippen LogP contribution in [0.5, 0.6) is 0 Å². The molecule has 2 aromatic rings. The largest absolute Gasteiger partial charge is 0.392 e. The van der Waals surface area contributed by atoms with Crippen molar-refractivity contribution in [1.29, 1.82) is 0 Å². The van der Waals surface area contributed by atoms with Gasteiger partial charge in [-0.1, -0.05) is 26.0 Å². The highest BCUT2D eigenvalue weighted by molar-refractivity contribution is 5.34. The van der Waals surface area contributed by atoms with Crippen LogP contribution < -0.4 is 0 Å². The number of hydrogen-bond acceptors (Lipinski definition) is 3. The number of rotatable bonds is 4. The Morgan fingerprint density at radius 2 is 1.82 bits per heavy atom. The molecule has 4 heteroatoms. The Balaban J connectivity index is 2.40. The SMILES string of the molecule is CCc1nc(CC)n(-c2ccc(CO)cc2)n1. The van der Waals surface area contributed by atoms with Crippen molar-refractivity contribution >= 4 is 0 Å². The van der Waals surface area contributed by atoms with Crippen LogP contribution in [0.1, 0.15) is 31.1 Å². The van der Waals surface area contributed by atoms with E-state index >= 15 is 0 Å². The van der Waals surface area contributed by atoms with Crippen molar-refractivity contribution < 1.29 is 5.11 Å². The van der Waals surface area contributed by atoms with E-state index in [2.05, 4.69) is 17.0 Å². The Labute approximate surface area is 101 Å². The average molecular weight is 231 g/mol. The molecule has 1 heterocycles. The van der Waals surface area contributed by atoms with Crippen LogP contribution >= 0.6 is 0 Å². The highest BCUT2D eigenvalue weighted by atomic mass is 16.3. The van der Waals surface area contributed by atoms with Gasteiger partial charge >= 0.3 is 0 Å². The molecule has 17 heavy (non-hydrogen) atoms. The number of aliphatic hydroxyl groups excluding tert-OH is 1. The molecule has 0 radical (unpaired) electrons. The van der Waals surface area contributed by atoms with Gasteiger partial charge < -0.3 is 5.11 Å². The molecule has 0 spiro atoms. The zero-order valence-corrected chi connectivity index (χ0v) is 10.2. The molecule has 1 aromatic carbocycles. The van der Waals surface area contributed by atoms with Gasteiger partial charge in [0.1, 0.15) is 5.82 Å². The van der Waals surface area contributed by atoms with Crippen molar-refractivity contribution in [3.8, 4) is 5.69 Å². The summed E-state index contributed by atoms with van der Waals surface area (Å²) in [7, 11) is 0. The van der Waals surface area contributed by atoms with Gasteiger partial charge in [-0.2, -0.15) is 5.10 Å². The Bertz CT molecular complexity index is 488. The quantitative estimate of drug-likeness (QED) is 0.874. The van der Waals surface area contributed by atoms with E-state index in [4.69, 9.17) is 5.11 Å². The fourth-order valence-electron chi connectivity index (χ4n) is 1.72. The van der Waals surface area contributed by atoms with Crippen molar-refractivity contribution in [3.63, 3.8) is 0 Å². The van der Waals surface area contributed by atoms with Gasteiger partial charge in [0.15, 0.2) is 5.82 Å². The standard InChI is InChI=1S/C13H17N3O/c1-3-12-14-13(4-2)16(15-12)11-7-5-10(9-17)6-8-11/h5-8,17H,3-4,9H2,1-2H3. The molecule has 0 amide bonds. The van der Waals surface area contributed by atoms with E-state index in [0.29, 0.717) is 0 Å². The summed E-state index contributed by atoms with van der Waals surface area (Å²) < 4.78 is 1.87. The van der Waals surface area contributed by atoms with Crippen molar-refractivity contribution in [1.82, 2.24) is 14.8 Å². The zero-order valence-electron chi connectivity index (χ0n) is 10.2. The number of aromatic nitrogens is 3. The fraction of sp³-hybridized carbons (Fsp3) is 0.385. The number of benzene rings is 1. The number of aliphatic hydroxyl groups is 1. The molecule has 0 aliphatic heterocycles. The van der Waals surface area contributed by atoms with Gasteiger partial charge in [-0.3, -0.25) is 0 Å². The summed E-state index contributed by atoms with van der Waals surface area (Å²) in [5.41, 5.74) is 1.90. The first-order valence-electron chi connectivity index (χ1n) is 5.93. The van der Waals surface area contributed by atoms with E-state index in [1.54, 1.807) is 0 Å². The van der Waals surface area contributed by atoms with Crippen LogP contribution in [-0.2, 0) is 19.4 Å². The second-order valence-electron chi connectivity index (χ2n) is 3.89. The lowest BCUT2D eigenvalue weighted by atomic mass is 10.2. The highest BCUT2D eigenvalue weighted by Crippen LogP contribution is 2.12. The molecular weight excluding hydrogens is 214 g/mol. The third-order valence-electron chi connectivity index (χ3n) is 2.71. The molecule has 0 fully saturated rings. The summed E-state index contributed by atoms with van der Waals surface area (Å²) in [5, 5.41) is 13.5. The minimum Gasteiger partial charge on any atom is -0.392 e. The molecule has 0 saturated heterocycles. The normalized spacial score (nSPS) is 10.8. The highest BCUT2D eigenvalue weighted by Gasteiger charge is 2.08. The summed E-state index contributed by atoms with van der Waals surface area (Å²) in [6.07, 6.45) is 1.70. The summed E-state index contributed by atoms with van der Waals surface area (Å²) in [4.78, 5) is 4.47. The van der Waals surface area contributed by atoms with Gasteiger partial charge in [0, 0.05) is 12.8 Å². The van der Waals surface area contributed by atoms with Crippen molar-refractivity contribution in [2.24, 2.45) is 0 Å². The van der Waals surface area contributed by atoms with E-state index in [0.717, 1.165) is 35.7 Å². The lowest BCUT2D eigenvalue weighted by Gasteiger charge is -2.04. The predicted molar refractivity (Wildman–Crippen MR) is 66.0 cm³/mol. The van der Waals surface area contributed by atoms with Gasteiger partial charge in [0.25, 0.3) is 0 Å². The molecule has 90 valence electrons. The molecule has 0 bridgehead atoms. The zero-order chi connectivity index (χ0) is 12.3. The van der Waals surface area contributed by atoms with Crippen LogP contribution in [0.3, 0.4) is 0 Å². The Morgan fingerprint density at radius 1 is 1.12 bits per heavy atom. The smallest absolute Gasteiger partial charge is 0.151 e. The van der Waals surface area contributed by atoms with E-state index in [9.17, 15) is 0 Å². The Morgan fingerprint density at radius 3 is 2.35 bits per heavy atom. The first kappa shape index (κ1) is 11.8. The molecule has 4 nitrogen and oxygen atoms in total. The summed E-state index contributed by atoms with van der Waals surface area (Å²) in [6, 6.07) is 7.72. The average Bonchev–Trinajstić information content (AvgIpc) is 2.82. The van der Waals surface area contributed by atoms with Crippen molar-refractivity contribution in [2.45, 2.75) is 33.3 Å². The van der Waals surface area contributed by atoms with Crippen molar-refractivity contribution in [3.05, 3.63) is 41.5 Å². The second-order valence-corrected chi connectivity index (χ2v) is 3.89. The molecule has 0 saturated carbocycles. The number of aryl methyl sites for hydroxylation is 2. The predicted octanol–water partition coefficient (Wildman–Crippen LogP) is 1.88. The maximum absolute atomic E-state index is 9.01. The summed E-state index contributed by atoms with van der Waals surface area (Å²) in [5.74, 6) is 1.84. The van der Waals surface area contributed by atoms with Gasteiger partial charge in [0.05, 0.1) is 12.3 Å². The summed E-state index contributed by atoms with van der Waals surface area (Å²) >= 11 is 0. The van der Waals surface area contributed by atoms with Crippen LogP contribution in [0, 0.1) is 0 Å². The van der Waals surface area contributed by atoms with Crippen molar-refractivity contribution in [2.75, 3.05) is 0 Å². The van der Waals surface area contributed by atoms with E-state index in [-0.39, 0.29) is 6.61 Å². The lowest BCUT2D eigenvalue weighted by Crippen LogP contribution is -2.02. The van der Waals surface area contributed by atoms with Crippen LogP contribution in [0.25, 0.3) is 5.69 Å². The number of nitrogens with zero attached hydrogens (tertiary/aromatic N) is 3. The number of hydrogen-bond donors (Lipinski definition) is 1. The minimum atomic E-state index is 0.0679. The van der Waals surface area contributed by atoms with E-state index in [1.165, 1.54) is 0 Å². The molecule has 0 unspecified atom stereocenters. The molecule has 0 aliphatic carbocycles. The second kappa shape index (κ2) is 5.10. The Kier molecular flexibility index (Phi) is 3.54. The third kappa shape index (κ3) is 2.36. The minimum absolute atomic E-state index is 0.0679. The molecule has 0 aliphatic rings. The Hall–Kier alpha value is -1.68. The molecule has 0 atom stereocenters. The van der Waals surface area contributed by atoms with Gasteiger partial charge in [-0.25, -0.2) is 9.67 Å². The van der Waals surface area contributed by atoms with E-state index < -0.39 is 0 Å². The molecular formula is C13H17N3O. The maximum atomic E-state index is 9.01. The first-order chi connectivity index (χ1) is 8.28. The van der Waals surface area contributed by atoms with E-state index in [1.807, 2.05) is 35.9 Å². The van der Waals surface area contributed by atoms with Crippen LogP contribution in [0.2, 0.25) is 0 Å². The molecule has 1 N–H and O–H groups in total. The fourth-order valence-corrected chi connectivity index (χ4v) is 1.72. The van der Waals surface area contributed by atoms with Gasteiger partial charge in [-0.05, 0) is 17.7 Å². The maximum Gasteiger partial charge on any atom is 0.151 e. The molecule has 2 rings (SSSR count). The van der Waals surface area contributed by atoms with Crippen LogP contribution in [-0.4, -0.2) is 19.9 Å². The van der Waals surface area contributed by atoms with Gasteiger partial charge in [-0.15, -0.1) is 0 Å². The molecule has 1 aromatic heterocycles. The lowest BCUT2D eigenvalue weighted by molar-refractivity contribution is 0.282. The first-order valence-corrected chi connectivity index (χ1v) is 5.93. The third-order valence-corrected chi connectivity index (χ3v) is 2.71.